The minimum atomic E-state index is -3.62. The van der Waals surface area contributed by atoms with E-state index < -0.39 is 10.0 Å². The van der Waals surface area contributed by atoms with Gasteiger partial charge in [0.1, 0.15) is 10.6 Å². The number of hydrogen-bond acceptors (Lipinski definition) is 4. The Hall–Kier alpha value is -1.89. The van der Waals surface area contributed by atoms with Gasteiger partial charge in [0.25, 0.3) is 0 Å². The van der Waals surface area contributed by atoms with Gasteiger partial charge in [-0.2, -0.15) is 4.31 Å². The van der Waals surface area contributed by atoms with Crippen LogP contribution in [0, 0.1) is 0 Å². The first-order valence-corrected chi connectivity index (χ1v) is 8.86. The van der Waals surface area contributed by atoms with Crippen molar-refractivity contribution in [2.24, 2.45) is 0 Å². The molecule has 1 saturated heterocycles. The van der Waals surface area contributed by atoms with E-state index in [0.717, 1.165) is 5.56 Å². The number of benzene rings is 2. The maximum atomic E-state index is 12.9. The van der Waals surface area contributed by atoms with Crippen molar-refractivity contribution < 1.29 is 17.9 Å². The summed E-state index contributed by atoms with van der Waals surface area (Å²) >= 11 is 0. The highest BCUT2D eigenvalue weighted by Crippen LogP contribution is 2.30. The van der Waals surface area contributed by atoms with E-state index in [1.54, 1.807) is 24.3 Å². The van der Waals surface area contributed by atoms with Crippen molar-refractivity contribution in [3.63, 3.8) is 0 Å². The minimum Gasteiger partial charge on any atom is -0.495 e. The van der Waals surface area contributed by atoms with Gasteiger partial charge in [0.05, 0.1) is 19.8 Å². The van der Waals surface area contributed by atoms with Crippen LogP contribution in [-0.2, 0) is 14.8 Å². The molecule has 0 N–H and O–H groups in total. The predicted octanol–water partition coefficient (Wildman–Crippen LogP) is 2.46. The zero-order valence-electron chi connectivity index (χ0n) is 12.9. The van der Waals surface area contributed by atoms with E-state index in [-0.39, 0.29) is 11.0 Å². The van der Waals surface area contributed by atoms with Gasteiger partial charge >= 0.3 is 0 Å². The zero-order valence-corrected chi connectivity index (χ0v) is 13.7. The third-order valence-corrected chi connectivity index (χ3v) is 5.79. The molecule has 0 radical (unpaired) electrons. The van der Waals surface area contributed by atoms with Crippen LogP contribution in [0.1, 0.15) is 11.7 Å². The van der Waals surface area contributed by atoms with Crippen LogP contribution in [-0.4, -0.2) is 39.5 Å². The topological polar surface area (TPSA) is 55.8 Å². The number of nitrogens with zero attached hydrogens (tertiary/aromatic N) is 1. The minimum absolute atomic E-state index is 0.191. The zero-order chi connectivity index (χ0) is 16.3. The Morgan fingerprint density at radius 3 is 2.52 bits per heavy atom. The molecule has 0 saturated carbocycles. The van der Waals surface area contributed by atoms with Crippen LogP contribution in [0.25, 0.3) is 0 Å². The van der Waals surface area contributed by atoms with E-state index in [1.807, 2.05) is 30.3 Å². The summed E-state index contributed by atoms with van der Waals surface area (Å²) in [6.45, 7) is 1.00. The van der Waals surface area contributed by atoms with Crippen LogP contribution >= 0.6 is 0 Å². The Morgan fingerprint density at radius 2 is 1.78 bits per heavy atom. The second-order valence-corrected chi connectivity index (χ2v) is 7.19. The molecule has 1 atom stereocenters. The van der Waals surface area contributed by atoms with Crippen LogP contribution in [0.4, 0.5) is 0 Å². The van der Waals surface area contributed by atoms with Gasteiger partial charge in [-0.1, -0.05) is 42.5 Å². The van der Waals surface area contributed by atoms with Gasteiger partial charge in [0.2, 0.25) is 10.0 Å². The average Bonchev–Trinajstić information content (AvgIpc) is 2.62. The molecule has 1 heterocycles. The monoisotopic (exact) mass is 333 g/mol. The maximum Gasteiger partial charge on any atom is 0.246 e. The summed E-state index contributed by atoms with van der Waals surface area (Å²) in [6, 6.07) is 16.3. The molecule has 2 aromatic carbocycles. The number of sulfonamides is 1. The summed E-state index contributed by atoms with van der Waals surface area (Å²) in [5.74, 6) is 0.357. The Kier molecular flexibility index (Phi) is 4.66. The normalized spacial score (nSPS) is 19.4. The lowest BCUT2D eigenvalue weighted by Crippen LogP contribution is -2.42. The summed E-state index contributed by atoms with van der Waals surface area (Å²) < 4.78 is 38.3. The lowest BCUT2D eigenvalue weighted by Gasteiger charge is -2.32. The van der Waals surface area contributed by atoms with Crippen molar-refractivity contribution in [3.8, 4) is 5.75 Å². The Labute approximate surface area is 136 Å². The fourth-order valence-corrected chi connectivity index (χ4v) is 4.27. The molecule has 6 heteroatoms. The standard InChI is InChI=1S/C17H19NO4S/c1-21-15-9-5-6-10-17(15)23(19,20)18-11-12-22-16(13-18)14-7-3-2-4-8-14/h2-10,16H,11-13H2,1H3. The first-order valence-electron chi connectivity index (χ1n) is 7.42. The van der Waals surface area contributed by atoms with Crippen molar-refractivity contribution in [2.45, 2.75) is 11.0 Å². The highest BCUT2D eigenvalue weighted by molar-refractivity contribution is 7.89. The summed E-state index contributed by atoms with van der Waals surface area (Å²) in [7, 11) is -2.14. The number of para-hydroxylation sites is 1. The van der Waals surface area contributed by atoms with Crippen LogP contribution in [0.3, 0.4) is 0 Å². The molecule has 0 amide bonds. The molecular formula is C17H19NO4S. The van der Waals surface area contributed by atoms with Crippen LogP contribution in [0.2, 0.25) is 0 Å². The van der Waals surface area contributed by atoms with E-state index in [9.17, 15) is 8.42 Å². The first-order chi connectivity index (χ1) is 11.1. The lowest BCUT2D eigenvalue weighted by molar-refractivity contribution is -0.00258. The van der Waals surface area contributed by atoms with Crippen molar-refractivity contribution in [1.29, 1.82) is 0 Å². The maximum absolute atomic E-state index is 12.9. The fourth-order valence-electron chi connectivity index (χ4n) is 2.68. The molecule has 1 aliphatic heterocycles. The quantitative estimate of drug-likeness (QED) is 0.862. The fraction of sp³-hybridized carbons (Fsp3) is 0.294. The van der Waals surface area contributed by atoms with Gasteiger partial charge in [-0.05, 0) is 17.7 Å². The second-order valence-electron chi connectivity index (χ2n) is 5.28. The number of methoxy groups -OCH3 is 1. The third-order valence-electron chi connectivity index (χ3n) is 3.89. The molecule has 0 spiro atoms. The SMILES string of the molecule is COc1ccccc1S(=O)(=O)N1CCOC(c2ccccc2)C1. The molecule has 0 bridgehead atoms. The Morgan fingerprint density at radius 1 is 1.09 bits per heavy atom. The van der Waals surface area contributed by atoms with E-state index in [0.29, 0.717) is 25.4 Å². The molecule has 23 heavy (non-hydrogen) atoms. The molecule has 1 unspecified atom stereocenters. The van der Waals surface area contributed by atoms with E-state index >= 15 is 0 Å². The molecule has 3 rings (SSSR count). The van der Waals surface area contributed by atoms with Crippen molar-refractivity contribution >= 4 is 10.0 Å². The van der Waals surface area contributed by atoms with Crippen LogP contribution < -0.4 is 4.74 Å². The Bertz CT molecular complexity index is 761. The van der Waals surface area contributed by atoms with Crippen molar-refractivity contribution in [1.82, 2.24) is 4.31 Å². The smallest absolute Gasteiger partial charge is 0.246 e. The van der Waals surface area contributed by atoms with Gasteiger partial charge in [-0.15, -0.1) is 0 Å². The second kappa shape index (κ2) is 6.70. The van der Waals surface area contributed by atoms with Gasteiger partial charge in [0.15, 0.2) is 0 Å². The van der Waals surface area contributed by atoms with Crippen molar-refractivity contribution in [2.75, 3.05) is 26.8 Å². The summed E-state index contributed by atoms with van der Waals surface area (Å²) in [5.41, 5.74) is 0.979. The summed E-state index contributed by atoms with van der Waals surface area (Å²) in [4.78, 5) is 0.191. The van der Waals surface area contributed by atoms with E-state index in [1.165, 1.54) is 11.4 Å². The lowest BCUT2D eigenvalue weighted by atomic mass is 10.1. The van der Waals surface area contributed by atoms with Crippen LogP contribution in [0.5, 0.6) is 5.75 Å². The van der Waals surface area contributed by atoms with Gasteiger partial charge in [0, 0.05) is 13.1 Å². The Balaban J connectivity index is 1.88. The highest BCUT2D eigenvalue weighted by atomic mass is 32.2. The molecular weight excluding hydrogens is 314 g/mol. The number of morpholine rings is 1. The van der Waals surface area contributed by atoms with E-state index in [4.69, 9.17) is 9.47 Å². The molecule has 0 aromatic heterocycles. The predicted molar refractivity (Wildman–Crippen MR) is 86.9 cm³/mol. The number of ether oxygens (including phenoxy) is 2. The van der Waals surface area contributed by atoms with Gasteiger partial charge in [-0.3, -0.25) is 0 Å². The molecule has 1 fully saturated rings. The van der Waals surface area contributed by atoms with E-state index in [2.05, 4.69) is 0 Å². The highest BCUT2D eigenvalue weighted by Gasteiger charge is 2.33. The number of rotatable bonds is 4. The van der Waals surface area contributed by atoms with Crippen molar-refractivity contribution in [3.05, 3.63) is 60.2 Å². The van der Waals surface area contributed by atoms with Crippen LogP contribution in [0.15, 0.2) is 59.5 Å². The van der Waals surface area contributed by atoms with Gasteiger partial charge < -0.3 is 9.47 Å². The first kappa shape index (κ1) is 16.0. The molecule has 5 nitrogen and oxygen atoms in total. The van der Waals surface area contributed by atoms with Gasteiger partial charge in [-0.25, -0.2) is 8.42 Å². The molecule has 0 aliphatic carbocycles. The third kappa shape index (κ3) is 3.24. The molecule has 2 aromatic rings. The average molecular weight is 333 g/mol. The molecule has 1 aliphatic rings. The number of hydrogen-bond donors (Lipinski definition) is 0. The largest absolute Gasteiger partial charge is 0.495 e. The molecule has 122 valence electrons. The summed E-state index contributed by atoms with van der Waals surface area (Å²) in [5, 5.41) is 0. The summed E-state index contributed by atoms with van der Waals surface area (Å²) in [6.07, 6.45) is -0.255.